The molecule has 1 saturated carbocycles. The lowest BCUT2D eigenvalue weighted by molar-refractivity contribution is -0.141. The van der Waals surface area contributed by atoms with E-state index in [4.69, 9.17) is 5.11 Å². The van der Waals surface area contributed by atoms with Crippen molar-refractivity contribution in [2.24, 2.45) is 5.92 Å². The molecule has 2 atom stereocenters. The summed E-state index contributed by atoms with van der Waals surface area (Å²) in [6, 6.07) is -0.0320. The maximum atomic E-state index is 11.7. The number of amides is 1. The number of aliphatic carboxylic acids is 1. The Labute approximate surface area is 115 Å². The van der Waals surface area contributed by atoms with Gasteiger partial charge in [0.2, 0.25) is 5.91 Å². The van der Waals surface area contributed by atoms with Gasteiger partial charge >= 0.3 is 5.97 Å². The summed E-state index contributed by atoms with van der Waals surface area (Å²) in [6.45, 7) is 1.91. The Morgan fingerprint density at radius 3 is 2.89 bits per heavy atom. The Hall–Kier alpha value is -1.69. The van der Waals surface area contributed by atoms with E-state index in [0.29, 0.717) is 12.8 Å². The molecule has 0 unspecified atom stereocenters. The molecule has 0 aromatic carbocycles. The molecular weight excluding hydrogens is 264 g/mol. The molecule has 0 bridgehead atoms. The molecule has 1 amide bonds. The number of nitrogens with one attached hydrogen (secondary N) is 1. The maximum Gasteiger partial charge on any atom is 0.306 e. The second-order valence-corrected chi connectivity index (χ2v) is 5.74. The second kappa shape index (κ2) is 5.97. The van der Waals surface area contributed by atoms with Crippen LogP contribution >= 0.6 is 11.3 Å². The summed E-state index contributed by atoms with van der Waals surface area (Å²) >= 11 is 1.53. The van der Waals surface area contributed by atoms with E-state index < -0.39 is 5.97 Å². The molecule has 0 radical (unpaired) electrons. The third-order valence-electron chi connectivity index (χ3n) is 3.17. The molecule has 102 valence electrons. The van der Waals surface area contributed by atoms with Gasteiger partial charge in [0.15, 0.2) is 0 Å². The first kappa shape index (κ1) is 13.7. The lowest BCUT2D eigenvalue weighted by Crippen LogP contribution is -2.31. The van der Waals surface area contributed by atoms with Gasteiger partial charge in [0.25, 0.3) is 0 Å². The Morgan fingerprint density at radius 1 is 1.53 bits per heavy atom. The van der Waals surface area contributed by atoms with Gasteiger partial charge in [-0.2, -0.15) is 0 Å². The van der Waals surface area contributed by atoms with Crippen molar-refractivity contribution in [2.75, 3.05) is 0 Å². The highest BCUT2D eigenvalue weighted by molar-refractivity contribution is 7.09. The Bertz CT molecular complexity index is 510. The summed E-state index contributed by atoms with van der Waals surface area (Å²) in [5.74, 6) is -1.29. The number of thiazole rings is 1. The van der Waals surface area contributed by atoms with Crippen molar-refractivity contribution < 1.29 is 14.7 Å². The molecule has 6 heteroatoms. The molecule has 2 N–H and O–H groups in total. The predicted molar refractivity (Wildman–Crippen MR) is 72.8 cm³/mol. The van der Waals surface area contributed by atoms with Crippen molar-refractivity contribution in [3.05, 3.63) is 22.2 Å². The number of carbonyl (C=O) groups is 2. The number of hydrogen-bond donors (Lipinski definition) is 2. The summed E-state index contributed by atoms with van der Waals surface area (Å²) in [5, 5.41) is 14.6. The summed E-state index contributed by atoms with van der Waals surface area (Å²) < 4.78 is 0. The number of carboxylic acids is 1. The average molecular weight is 280 g/mol. The molecule has 1 aliphatic carbocycles. The quantitative estimate of drug-likeness (QED) is 0.825. The normalized spacial score (nSPS) is 22.8. The molecule has 1 aliphatic rings. The van der Waals surface area contributed by atoms with Gasteiger partial charge in [-0.05, 0) is 32.3 Å². The van der Waals surface area contributed by atoms with Crippen LogP contribution in [-0.4, -0.2) is 28.0 Å². The van der Waals surface area contributed by atoms with Crippen molar-refractivity contribution in [3.63, 3.8) is 0 Å². The van der Waals surface area contributed by atoms with Crippen LogP contribution in [0.3, 0.4) is 0 Å². The number of carbonyl (C=O) groups excluding carboxylic acids is 1. The standard InChI is InChI=1S/C13H16N2O3S/c1-8-14-11(7-19-8)4-5-12(16)15-10-3-2-9(6-10)13(17)18/h4-5,7,9-10H,2-3,6H2,1H3,(H,15,16)(H,17,18)/b5-4+/t9-,10+/m1/s1. The highest BCUT2D eigenvalue weighted by Gasteiger charge is 2.30. The zero-order valence-corrected chi connectivity index (χ0v) is 11.4. The molecule has 19 heavy (non-hydrogen) atoms. The molecule has 1 aromatic heterocycles. The van der Waals surface area contributed by atoms with E-state index in [2.05, 4.69) is 10.3 Å². The molecule has 1 aromatic rings. The molecule has 0 saturated heterocycles. The van der Waals surface area contributed by atoms with Crippen molar-refractivity contribution in [3.8, 4) is 0 Å². The fourth-order valence-corrected chi connectivity index (χ4v) is 2.78. The molecule has 1 heterocycles. The molecule has 0 spiro atoms. The lowest BCUT2D eigenvalue weighted by Gasteiger charge is -2.09. The SMILES string of the molecule is Cc1nc(/C=C/C(=O)N[C@H]2CC[C@@H](C(=O)O)C2)cs1. The lowest BCUT2D eigenvalue weighted by atomic mass is 10.1. The van der Waals surface area contributed by atoms with Gasteiger partial charge in [-0.25, -0.2) is 4.98 Å². The molecule has 0 aliphatic heterocycles. The first-order valence-corrected chi connectivity index (χ1v) is 7.06. The van der Waals surface area contributed by atoms with E-state index in [-0.39, 0.29) is 17.9 Å². The Morgan fingerprint density at radius 2 is 2.32 bits per heavy atom. The highest BCUT2D eigenvalue weighted by atomic mass is 32.1. The summed E-state index contributed by atoms with van der Waals surface area (Å²) in [4.78, 5) is 26.7. The van der Waals surface area contributed by atoms with E-state index >= 15 is 0 Å². The number of nitrogens with zero attached hydrogens (tertiary/aromatic N) is 1. The largest absolute Gasteiger partial charge is 0.481 e. The molecule has 2 rings (SSSR count). The minimum absolute atomic E-state index is 0.0320. The Balaban J connectivity index is 1.82. The van der Waals surface area contributed by atoms with Gasteiger partial charge in [0, 0.05) is 17.5 Å². The van der Waals surface area contributed by atoms with E-state index in [9.17, 15) is 9.59 Å². The van der Waals surface area contributed by atoms with Gasteiger partial charge in [0.05, 0.1) is 16.6 Å². The number of rotatable bonds is 4. The number of aromatic nitrogens is 1. The van der Waals surface area contributed by atoms with Crippen LogP contribution in [0, 0.1) is 12.8 Å². The molecule has 5 nitrogen and oxygen atoms in total. The van der Waals surface area contributed by atoms with E-state index in [1.165, 1.54) is 17.4 Å². The van der Waals surface area contributed by atoms with Crippen molar-refractivity contribution in [1.29, 1.82) is 0 Å². The summed E-state index contributed by atoms with van der Waals surface area (Å²) in [6.07, 6.45) is 5.00. The smallest absolute Gasteiger partial charge is 0.306 e. The van der Waals surface area contributed by atoms with Gasteiger partial charge < -0.3 is 10.4 Å². The highest BCUT2D eigenvalue weighted by Crippen LogP contribution is 2.25. The first-order valence-electron chi connectivity index (χ1n) is 6.18. The predicted octanol–water partition coefficient (Wildman–Crippen LogP) is 1.83. The minimum atomic E-state index is -0.773. The van der Waals surface area contributed by atoms with E-state index in [1.54, 1.807) is 6.08 Å². The van der Waals surface area contributed by atoms with Crippen molar-refractivity contribution in [2.45, 2.75) is 32.2 Å². The Kier molecular flexibility index (Phi) is 4.31. The average Bonchev–Trinajstić information content (AvgIpc) is 2.96. The van der Waals surface area contributed by atoms with Crippen LogP contribution in [0.2, 0.25) is 0 Å². The van der Waals surface area contributed by atoms with Gasteiger partial charge in [0.1, 0.15) is 0 Å². The zero-order valence-electron chi connectivity index (χ0n) is 10.6. The van der Waals surface area contributed by atoms with Crippen LogP contribution in [0.25, 0.3) is 6.08 Å². The fraction of sp³-hybridized carbons (Fsp3) is 0.462. The minimum Gasteiger partial charge on any atom is -0.481 e. The monoisotopic (exact) mass is 280 g/mol. The number of hydrogen-bond acceptors (Lipinski definition) is 4. The van der Waals surface area contributed by atoms with Gasteiger partial charge in [-0.1, -0.05) is 0 Å². The van der Waals surface area contributed by atoms with Gasteiger partial charge in [-0.15, -0.1) is 11.3 Å². The molecule has 1 fully saturated rings. The topological polar surface area (TPSA) is 79.3 Å². The van der Waals surface area contributed by atoms with E-state index in [0.717, 1.165) is 17.1 Å². The van der Waals surface area contributed by atoms with Crippen LogP contribution in [-0.2, 0) is 9.59 Å². The van der Waals surface area contributed by atoms with Crippen LogP contribution in [0.4, 0.5) is 0 Å². The van der Waals surface area contributed by atoms with Crippen molar-refractivity contribution >= 4 is 29.3 Å². The number of aryl methyl sites for hydroxylation is 1. The maximum absolute atomic E-state index is 11.7. The van der Waals surface area contributed by atoms with Crippen molar-refractivity contribution in [1.82, 2.24) is 10.3 Å². The van der Waals surface area contributed by atoms with E-state index in [1.807, 2.05) is 12.3 Å². The summed E-state index contributed by atoms with van der Waals surface area (Å²) in [5.41, 5.74) is 0.771. The third-order valence-corrected chi connectivity index (χ3v) is 3.96. The van der Waals surface area contributed by atoms with Crippen LogP contribution in [0.1, 0.15) is 30.0 Å². The fourth-order valence-electron chi connectivity index (χ4n) is 2.20. The van der Waals surface area contributed by atoms with Crippen LogP contribution in [0.5, 0.6) is 0 Å². The third kappa shape index (κ3) is 3.89. The van der Waals surface area contributed by atoms with Crippen LogP contribution < -0.4 is 5.32 Å². The summed E-state index contributed by atoms with van der Waals surface area (Å²) in [7, 11) is 0. The number of carboxylic acid groups (broad SMARTS) is 1. The van der Waals surface area contributed by atoms with Crippen LogP contribution in [0.15, 0.2) is 11.5 Å². The molecular formula is C13H16N2O3S. The second-order valence-electron chi connectivity index (χ2n) is 4.68. The first-order chi connectivity index (χ1) is 9.04. The zero-order chi connectivity index (χ0) is 13.8. The van der Waals surface area contributed by atoms with Gasteiger partial charge in [-0.3, -0.25) is 9.59 Å².